The van der Waals surface area contributed by atoms with Crippen molar-refractivity contribution in [1.29, 1.82) is 0 Å². The number of ether oxygens (including phenoxy) is 1. The van der Waals surface area contributed by atoms with Gasteiger partial charge in [0.15, 0.2) is 0 Å². The van der Waals surface area contributed by atoms with Crippen LogP contribution in [0.4, 0.5) is 18.9 Å². The molecule has 9 nitrogen and oxygen atoms in total. The lowest BCUT2D eigenvalue weighted by Crippen LogP contribution is -2.51. The molecule has 0 aliphatic carbocycles. The third kappa shape index (κ3) is 7.74. The Balaban J connectivity index is 0.000000616. The quantitative estimate of drug-likeness (QED) is 0.521. The Labute approximate surface area is 244 Å². The number of anilines is 1. The van der Waals surface area contributed by atoms with E-state index in [2.05, 4.69) is 50.8 Å². The normalized spacial score (nSPS) is 19.8. The van der Waals surface area contributed by atoms with Crippen LogP contribution in [0.5, 0.6) is 5.75 Å². The molecule has 0 spiro atoms. The highest BCUT2D eigenvalue weighted by atomic mass is 32.2. The van der Waals surface area contributed by atoms with Crippen molar-refractivity contribution >= 4 is 27.6 Å². The minimum absolute atomic E-state index is 0.0140. The van der Waals surface area contributed by atoms with Gasteiger partial charge in [0.1, 0.15) is 5.75 Å². The average molecular weight is 614 g/mol. The van der Waals surface area contributed by atoms with E-state index in [-0.39, 0.29) is 35.1 Å². The van der Waals surface area contributed by atoms with Crippen LogP contribution < -0.4 is 9.64 Å². The van der Waals surface area contributed by atoms with Crippen LogP contribution in [0.25, 0.3) is 0 Å². The number of nitrogens with zero attached hydrogens (tertiary/aromatic N) is 3. The predicted molar refractivity (Wildman–Crippen MR) is 152 cm³/mol. The number of benzene rings is 2. The van der Waals surface area contributed by atoms with Gasteiger partial charge in [-0.2, -0.15) is 17.5 Å². The Morgan fingerprint density at radius 2 is 1.62 bits per heavy atom. The number of sulfonamides is 1. The number of piperazine rings is 1. The maximum atomic E-state index is 13.7. The number of carboxylic acids is 1. The predicted octanol–water partition coefficient (Wildman–Crippen LogP) is 4.19. The second-order valence-corrected chi connectivity index (χ2v) is 12.9. The van der Waals surface area contributed by atoms with E-state index >= 15 is 0 Å². The van der Waals surface area contributed by atoms with Crippen molar-refractivity contribution in [2.45, 2.75) is 38.8 Å². The Bertz CT molecular complexity index is 1370. The van der Waals surface area contributed by atoms with E-state index in [4.69, 9.17) is 14.6 Å². The number of carbonyl (C=O) groups is 2. The number of carbonyl (C=O) groups excluding carboxylic acids is 1. The average Bonchev–Trinajstić information content (AvgIpc) is 3.41. The summed E-state index contributed by atoms with van der Waals surface area (Å²) >= 11 is 0. The maximum absolute atomic E-state index is 13.7. The van der Waals surface area contributed by atoms with Crippen LogP contribution in [0.1, 0.15) is 25.0 Å². The van der Waals surface area contributed by atoms with Crippen LogP contribution in [-0.4, -0.2) is 87.2 Å². The molecule has 0 unspecified atom stereocenters. The highest BCUT2D eigenvalue weighted by Crippen LogP contribution is 2.35. The third-order valence-corrected chi connectivity index (χ3v) is 9.55. The molecule has 4 rings (SSSR count). The van der Waals surface area contributed by atoms with Gasteiger partial charge in [0.25, 0.3) is 0 Å². The highest BCUT2D eigenvalue weighted by Gasteiger charge is 2.45. The zero-order valence-corrected chi connectivity index (χ0v) is 25.2. The zero-order chi connectivity index (χ0) is 31.4. The molecule has 42 heavy (non-hydrogen) atoms. The second kappa shape index (κ2) is 13.3. The molecule has 2 aromatic rings. The standard InChI is InChI=1S/C27H37N3O4S.C2HF3O2/c1-19(2)24-17-30(35(32,33)23-8-6-7-22(16-23)34-5)18-25(24)27(31)29-13-11-28(12-14-29)26-15-20(3)9-10-21(26)4;3-2(4,5)1(6)7/h6-10,15-16,19,24-25H,11-14,17-18H2,1-5H3;(H,6,7)/t24-,25+;/m0./s1. The minimum atomic E-state index is -5.08. The molecular formula is C29H38F3N3O6S. The summed E-state index contributed by atoms with van der Waals surface area (Å²) in [4.78, 5) is 27.0. The number of alkyl halides is 3. The summed E-state index contributed by atoms with van der Waals surface area (Å²) < 4.78 is 65.3. The van der Waals surface area contributed by atoms with Crippen LogP contribution >= 0.6 is 0 Å². The van der Waals surface area contributed by atoms with E-state index in [1.54, 1.807) is 24.3 Å². The van der Waals surface area contributed by atoms with Crippen molar-refractivity contribution in [1.82, 2.24) is 9.21 Å². The molecular weight excluding hydrogens is 575 g/mol. The molecule has 2 aliphatic heterocycles. The summed E-state index contributed by atoms with van der Waals surface area (Å²) in [6.07, 6.45) is -5.08. The summed E-state index contributed by atoms with van der Waals surface area (Å²) in [5, 5.41) is 7.12. The fourth-order valence-electron chi connectivity index (χ4n) is 5.30. The van der Waals surface area contributed by atoms with Crippen LogP contribution in [0.15, 0.2) is 47.4 Å². The van der Waals surface area contributed by atoms with E-state index in [0.717, 1.165) is 13.1 Å². The van der Waals surface area contributed by atoms with Crippen LogP contribution in [0.3, 0.4) is 0 Å². The Kier molecular flexibility index (Phi) is 10.5. The first kappa shape index (κ1) is 33.2. The fourth-order valence-corrected chi connectivity index (χ4v) is 6.84. The molecule has 0 saturated carbocycles. The molecule has 2 heterocycles. The highest BCUT2D eigenvalue weighted by molar-refractivity contribution is 7.89. The van der Waals surface area contributed by atoms with E-state index in [0.29, 0.717) is 25.4 Å². The lowest BCUT2D eigenvalue weighted by Gasteiger charge is -2.38. The molecule has 0 aromatic heterocycles. The van der Waals surface area contributed by atoms with E-state index in [1.807, 2.05) is 4.90 Å². The van der Waals surface area contributed by atoms with Gasteiger partial charge in [0, 0.05) is 51.0 Å². The van der Waals surface area contributed by atoms with Gasteiger partial charge < -0.3 is 19.6 Å². The molecule has 2 atom stereocenters. The van der Waals surface area contributed by atoms with E-state index in [9.17, 15) is 26.4 Å². The number of rotatable bonds is 6. The van der Waals surface area contributed by atoms with Crippen molar-refractivity contribution in [3.63, 3.8) is 0 Å². The number of methoxy groups -OCH3 is 1. The fraction of sp³-hybridized carbons (Fsp3) is 0.517. The Morgan fingerprint density at radius 3 is 2.17 bits per heavy atom. The van der Waals surface area contributed by atoms with Gasteiger partial charge >= 0.3 is 12.1 Å². The van der Waals surface area contributed by atoms with E-state index < -0.39 is 22.2 Å². The minimum Gasteiger partial charge on any atom is -0.497 e. The number of hydrogen-bond acceptors (Lipinski definition) is 6. The van der Waals surface area contributed by atoms with Gasteiger partial charge in [0.05, 0.1) is 17.9 Å². The molecule has 2 saturated heterocycles. The van der Waals surface area contributed by atoms with Crippen LogP contribution in [0, 0.1) is 31.6 Å². The summed E-state index contributed by atoms with van der Waals surface area (Å²) in [5.41, 5.74) is 3.70. The lowest BCUT2D eigenvalue weighted by molar-refractivity contribution is -0.192. The summed E-state index contributed by atoms with van der Waals surface area (Å²) in [6, 6.07) is 13.0. The van der Waals surface area contributed by atoms with Crippen molar-refractivity contribution in [3.8, 4) is 5.75 Å². The largest absolute Gasteiger partial charge is 0.497 e. The van der Waals surface area contributed by atoms with Gasteiger partial charge in [-0.1, -0.05) is 32.0 Å². The molecule has 2 aliphatic rings. The van der Waals surface area contributed by atoms with Crippen LogP contribution in [0.2, 0.25) is 0 Å². The number of halogens is 3. The molecule has 0 radical (unpaired) electrons. The van der Waals surface area contributed by atoms with Gasteiger partial charge in [-0.3, -0.25) is 4.79 Å². The summed E-state index contributed by atoms with van der Waals surface area (Å²) in [5.74, 6) is -2.33. The SMILES string of the molecule is COc1cccc(S(=O)(=O)N2C[C@@H](C(=O)N3CCN(c4cc(C)ccc4C)CC3)[C@H](C(C)C)C2)c1.O=C(O)C(F)(F)F. The monoisotopic (exact) mass is 613 g/mol. The lowest BCUT2D eigenvalue weighted by atomic mass is 9.85. The molecule has 1 N–H and O–H groups in total. The second-order valence-electron chi connectivity index (χ2n) is 10.9. The van der Waals surface area contributed by atoms with E-state index in [1.165, 1.54) is 28.2 Å². The molecule has 2 aromatic carbocycles. The van der Waals surface area contributed by atoms with Crippen LogP contribution in [-0.2, 0) is 19.6 Å². The molecule has 1 amide bonds. The first-order chi connectivity index (χ1) is 19.6. The number of carboxylic acid groups (broad SMARTS) is 1. The molecule has 0 bridgehead atoms. The van der Waals surface area contributed by atoms with Gasteiger partial charge in [-0.25, -0.2) is 13.2 Å². The van der Waals surface area contributed by atoms with Crippen molar-refractivity contribution in [3.05, 3.63) is 53.6 Å². The van der Waals surface area contributed by atoms with Gasteiger partial charge in [-0.05, 0) is 55.0 Å². The maximum Gasteiger partial charge on any atom is 0.490 e. The molecule has 2 fully saturated rings. The van der Waals surface area contributed by atoms with Crippen molar-refractivity contribution in [2.75, 3.05) is 51.3 Å². The number of amides is 1. The van der Waals surface area contributed by atoms with Crippen molar-refractivity contribution < 1.29 is 41.0 Å². The smallest absolute Gasteiger partial charge is 0.490 e. The summed E-state index contributed by atoms with van der Waals surface area (Å²) in [6.45, 7) is 11.8. The zero-order valence-electron chi connectivity index (χ0n) is 24.4. The Hall–Kier alpha value is -3.32. The molecule has 13 heteroatoms. The van der Waals surface area contributed by atoms with Gasteiger partial charge in [-0.15, -0.1) is 0 Å². The summed E-state index contributed by atoms with van der Waals surface area (Å²) in [7, 11) is -2.20. The number of hydrogen-bond donors (Lipinski definition) is 1. The van der Waals surface area contributed by atoms with Gasteiger partial charge in [0.2, 0.25) is 15.9 Å². The number of aryl methyl sites for hydroxylation is 2. The topological polar surface area (TPSA) is 107 Å². The molecule has 232 valence electrons. The van der Waals surface area contributed by atoms with Crippen molar-refractivity contribution in [2.24, 2.45) is 17.8 Å². The number of aliphatic carboxylic acids is 1. The Morgan fingerprint density at radius 1 is 1.00 bits per heavy atom. The first-order valence-corrected chi connectivity index (χ1v) is 15.1. The third-order valence-electron chi connectivity index (χ3n) is 7.72. The first-order valence-electron chi connectivity index (χ1n) is 13.6.